The average molecular weight is 661 g/mol. The molecule has 0 saturated carbocycles. The standard InChI is InChI=1S/C36H37FN2O7S/c1-7-43-30-17-23(13-15-27(30)45-20-25-11-9-10-12-26(25)37)18-31-34(40)39-33(24-14-16-28(46-21(3)4)29(19-24)42-6)32(35(41)44-8-2)22(5)38-36(39)47-31/h9-19,21,33H,7-8,20H2,1-6H3/b31-18-/t33-/m1/s1. The Balaban J connectivity index is 1.58. The topological polar surface area (TPSA) is 97.6 Å². The summed E-state index contributed by atoms with van der Waals surface area (Å²) in [6.45, 7) is 9.72. The van der Waals surface area contributed by atoms with Crippen molar-refractivity contribution in [2.75, 3.05) is 20.3 Å². The van der Waals surface area contributed by atoms with E-state index in [9.17, 15) is 14.0 Å². The Labute approximate surface area is 276 Å². The van der Waals surface area contributed by atoms with Crippen molar-refractivity contribution in [3.8, 4) is 23.0 Å². The molecule has 0 bridgehead atoms. The van der Waals surface area contributed by atoms with E-state index in [4.69, 9.17) is 23.7 Å². The molecule has 9 nitrogen and oxygen atoms in total. The highest BCUT2D eigenvalue weighted by atomic mass is 32.1. The minimum Gasteiger partial charge on any atom is -0.493 e. The van der Waals surface area contributed by atoms with Gasteiger partial charge in [0.1, 0.15) is 12.4 Å². The molecular weight excluding hydrogens is 623 g/mol. The third-order valence-electron chi connectivity index (χ3n) is 7.29. The molecule has 0 fully saturated rings. The summed E-state index contributed by atoms with van der Waals surface area (Å²) in [5.41, 5.74) is 2.14. The van der Waals surface area contributed by atoms with Crippen LogP contribution >= 0.6 is 11.3 Å². The Morgan fingerprint density at radius 1 is 1.00 bits per heavy atom. The van der Waals surface area contributed by atoms with E-state index >= 15 is 0 Å². The lowest BCUT2D eigenvalue weighted by atomic mass is 9.95. The minimum atomic E-state index is -0.817. The highest BCUT2D eigenvalue weighted by Gasteiger charge is 2.34. The summed E-state index contributed by atoms with van der Waals surface area (Å²) in [5, 5.41) is 0. The number of aromatic nitrogens is 1. The van der Waals surface area contributed by atoms with Crippen molar-refractivity contribution in [1.29, 1.82) is 0 Å². The van der Waals surface area contributed by atoms with Gasteiger partial charge >= 0.3 is 5.97 Å². The molecule has 0 aliphatic carbocycles. The van der Waals surface area contributed by atoms with Crippen molar-refractivity contribution in [3.05, 3.63) is 114 Å². The van der Waals surface area contributed by atoms with Gasteiger partial charge in [0.05, 0.1) is 48.3 Å². The van der Waals surface area contributed by atoms with Crippen molar-refractivity contribution < 1.29 is 32.9 Å². The first-order valence-corrected chi connectivity index (χ1v) is 16.1. The summed E-state index contributed by atoms with van der Waals surface area (Å²) in [7, 11) is 1.54. The second-order valence-electron chi connectivity index (χ2n) is 10.9. The number of methoxy groups -OCH3 is 1. The molecule has 11 heteroatoms. The number of fused-ring (bicyclic) bond motifs is 1. The molecule has 2 heterocycles. The molecule has 1 atom stereocenters. The molecule has 4 aromatic rings. The van der Waals surface area contributed by atoms with Gasteiger partial charge in [-0.25, -0.2) is 14.2 Å². The number of carbonyl (C=O) groups excluding carboxylic acids is 1. The molecule has 0 N–H and O–H groups in total. The lowest BCUT2D eigenvalue weighted by molar-refractivity contribution is -0.139. The fraction of sp³-hybridized carbons (Fsp3) is 0.306. The third kappa shape index (κ3) is 7.25. The number of hydrogen-bond donors (Lipinski definition) is 0. The van der Waals surface area contributed by atoms with Gasteiger partial charge in [-0.1, -0.05) is 41.7 Å². The molecule has 1 aromatic heterocycles. The Kier molecular flexibility index (Phi) is 10.5. The van der Waals surface area contributed by atoms with Crippen LogP contribution in [0.3, 0.4) is 0 Å². The van der Waals surface area contributed by atoms with Crippen LogP contribution in [0.15, 0.2) is 81.7 Å². The number of rotatable bonds is 12. The van der Waals surface area contributed by atoms with Gasteiger partial charge in [0.25, 0.3) is 5.56 Å². The third-order valence-corrected chi connectivity index (χ3v) is 8.27. The maximum Gasteiger partial charge on any atom is 0.338 e. The van der Waals surface area contributed by atoms with Crippen molar-refractivity contribution >= 4 is 23.4 Å². The summed E-state index contributed by atoms with van der Waals surface area (Å²) in [5.74, 6) is 1.01. The van der Waals surface area contributed by atoms with Gasteiger partial charge in [0.15, 0.2) is 27.8 Å². The molecular formula is C36H37FN2O7S. The van der Waals surface area contributed by atoms with Gasteiger partial charge in [-0.05, 0) is 82.2 Å². The van der Waals surface area contributed by atoms with Gasteiger partial charge in [0.2, 0.25) is 0 Å². The maximum absolute atomic E-state index is 14.2. The van der Waals surface area contributed by atoms with Crippen molar-refractivity contribution in [1.82, 2.24) is 4.57 Å². The lowest BCUT2D eigenvalue weighted by Crippen LogP contribution is -2.40. The number of benzene rings is 3. The van der Waals surface area contributed by atoms with E-state index in [1.807, 2.05) is 26.8 Å². The molecule has 0 amide bonds. The van der Waals surface area contributed by atoms with Gasteiger partial charge < -0.3 is 23.7 Å². The van der Waals surface area contributed by atoms with Crippen LogP contribution in [0, 0.1) is 5.82 Å². The summed E-state index contributed by atoms with van der Waals surface area (Å²) in [4.78, 5) is 32.5. The van der Waals surface area contributed by atoms with Gasteiger partial charge in [-0.3, -0.25) is 9.36 Å². The van der Waals surface area contributed by atoms with Gasteiger partial charge in [-0.2, -0.15) is 0 Å². The number of thiazole rings is 1. The minimum absolute atomic E-state index is 0.0300. The van der Waals surface area contributed by atoms with E-state index in [0.29, 0.717) is 61.3 Å². The van der Waals surface area contributed by atoms with E-state index < -0.39 is 12.0 Å². The first-order chi connectivity index (χ1) is 22.6. The fourth-order valence-electron chi connectivity index (χ4n) is 5.24. The highest BCUT2D eigenvalue weighted by molar-refractivity contribution is 7.07. The van der Waals surface area contributed by atoms with Crippen LogP contribution in [0.2, 0.25) is 0 Å². The largest absolute Gasteiger partial charge is 0.493 e. The van der Waals surface area contributed by atoms with Crippen LogP contribution in [0.25, 0.3) is 6.08 Å². The smallest absolute Gasteiger partial charge is 0.338 e. The summed E-state index contributed by atoms with van der Waals surface area (Å²) in [6.07, 6.45) is 1.66. The molecule has 1 aliphatic rings. The number of allylic oxidation sites excluding steroid dienone is 1. The molecule has 246 valence electrons. The van der Waals surface area contributed by atoms with Crippen molar-refractivity contribution in [3.63, 3.8) is 0 Å². The number of halogens is 1. The van der Waals surface area contributed by atoms with Crippen LogP contribution in [-0.2, 0) is 16.1 Å². The van der Waals surface area contributed by atoms with Gasteiger partial charge in [-0.15, -0.1) is 0 Å². The molecule has 3 aromatic carbocycles. The van der Waals surface area contributed by atoms with Crippen molar-refractivity contribution in [2.24, 2.45) is 4.99 Å². The second kappa shape index (κ2) is 14.7. The van der Waals surface area contributed by atoms with Crippen molar-refractivity contribution in [2.45, 2.75) is 53.4 Å². The first-order valence-electron chi connectivity index (χ1n) is 15.3. The summed E-state index contributed by atoms with van der Waals surface area (Å²) < 4.78 is 44.8. The van der Waals surface area contributed by atoms with E-state index in [-0.39, 0.29) is 36.3 Å². The number of esters is 1. The predicted molar refractivity (Wildman–Crippen MR) is 177 cm³/mol. The average Bonchev–Trinajstić information content (AvgIpc) is 3.34. The van der Waals surface area contributed by atoms with Crippen LogP contribution < -0.4 is 33.8 Å². The van der Waals surface area contributed by atoms with Crippen LogP contribution in [0.5, 0.6) is 23.0 Å². The first kappa shape index (κ1) is 33.5. The Morgan fingerprint density at radius 2 is 1.77 bits per heavy atom. The SMILES string of the molecule is CCOC(=O)C1=C(C)N=c2s/c(=C\c3ccc(OCc4ccccc4F)c(OCC)c3)c(=O)n2[C@@H]1c1ccc(OC(C)C)c(OC)c1. The quantitative estimate of drug-likeness (QED) is 0.180. The summed E-state index contributed by atoms with van der Waals surface area (Å²) in [6, 6.07) is 16.2. The van der Waals surface area contributed by atoms with E-state index in [0.717, 1.165) is 0 Å². The monoisotopic (exact) mass is 660 g/mol. The second-order valence-corrected chi connectivity index (χ2v) is 11.9. The maximum atomic E-state index is 14.2. The Hall–Kier alpha value is -4.90. The number of carbonyl (C=O) groups is 1. The normalized spacial score (nSPS) is 14.5. The zero-order chi connectivity index (χ0) is 33.7. The van der Waals surface area contributed by atoms with Crippen LogP contribution in [-0.4, -0.2) is 37.0 Å². The molecule has 0 saturated heterocycles. The molecule has 0 spiro atoms. The predicted octanol–water partition coefficient (Wildman–Crippen LogP) is 5.71. The number of ether oxygens (including phenoxy) is 5. The fourth-order valence-corrected chi connectivity index (χ4v) is 6.28. The molecule has 47 heavy (non-hydrogen) atoms. The number of nitrogens with zero attached hydrogens (tertiary/aromatic N) is 2. The lowest BCUT2D eigenvalue weighted by Gasteiger charge is -2.25. The van der Waals surface area contributed by atoms with E-state index in [2.05, 4.69) is 4.99 Å². The highest BCUT2D eigenvalue weighted by Crippen LogP contribution is 2.37. The zero-order valence-electron chi connectivity index (χ0n) is 27.2. The molecule has 0 unspecified atom stereocenters. The van der Waals surface area contributed by atoms with Crippen LogP contribution in [0.4, 0.5) is 4.39 Å². The summed E-state index contributed by atoms with van der Waals surface area (Å²) >= 11 is 1.21. The Morgan fingerprint density at radius 3 is 2.47 bits per heavy atom. The van der Waals surface area contributed by atoms with E-state index in [1.54, 1.807) is 68.5 Å². The molecule has 1 aliphatic heterocycles. The van der Waals surface area contributed by atoms with Gasteiger partial charge in [0, 0.05) is 5.56 Å². The van der Waals surface area contributed by atoms with Crippen LogP contribution in [0.1, 0.15) is 57.4 Å². The molecule has 5 rings (SSSR count). The Bertz CT molecular complexity index is 2000. The molecule has 0 radical (unpaired) electrons. The zero-order valence-corrected chi connectivity index (χ0v) is 28.0. The van der Waals surface area contributed by atoms with E-state index in [1.165, 1.54) is 29.1 Å². The number of hydrogen-bond acceptors (Lipinski definition) is 9.